The summed E-state index contributed by atoms with van der Waals surface area (Å²) in [5, 5.41) is 21.2. The van der Waals surface area contributed by atoms with Crippen LogP contribution in [0.5, 0.6) is 0 Å². The van der Waals surface area contributed by atoms with E-state index in [4.69, 9.17) is 5.11 Å². The van der Waals surface area contributed by atoms with E-state index in [0.717, 1.165) is 6.42 Å². The van der Waals surface area contributed by atoms with Gasteiger partial charge in [-0.1, -0.05) is 13.8 Å². The first kappa shape index (κ1) is 18.4. The van der Waals surface area contributed by atoms with Crippen molar-refractivity contribution in [2.24, 2.45) is 5.92 Å². The van der Waals surface area contributed by atoms with Gasteiger partial charge in [0.1, 0.15) is 12.1 Å². The number of carbonyl (C=O) groups excluding carboxylic acids is 1. The van der Waals surface area contributed by atoms with Crippen LogP contribution in [-0.2, 0) is 14.4 Å². The van der Waals surface area contributed by atoms with Gasteiger partial charge in [-0.25, -0.2) is 4.79 Å². The molecule has 22 heavy (non-hydrogen) atoms. The van der Waals surface area contributed by atoms with Gasteiger partial charge in [0, 0.05) is 6.54 Å². The van der Waals surface area contributed by atoms with E-state index < -0.39 is 30.1 Å². The molecule has 1 amide bonds. The maximum atomic E-state index is 12.4. The number of carboxylic acid groups (broad SMARTS) is 2. The van der Waals surface area contributed by atoms with E-state index in [9.17, 15) is 19.5 Å². The van der Waals surface area contributed by atoms with E-state index in [1.54, 1.807) is 6.92 Å². The molecule has 3 atom stereocenters. The van der Waals surface area contributed by atoms with Crippen LogP contribution in [-0.4, -0.2) is 57.6 Å². The van der Waals surface area contributed by atoms with Crippen molar-refractivity contribution in [2.45, 2.75) is 64.6 Å². The minimum atomic E-state index is -1.01. The molecule has 3 N–H and O–H groups in total. The molecule has 1 rings (SSSR count). The highest BCUT2D eigenvalue weighted by molar-refractivity contribution is 5.88. The van der Waals surface area contributed by atoms with Crippen LogP contribution in [0, 0.1) is 5.92 Å². The number of carboxylic acids is 2. The van der Waals surface area contributed by atoms with Crippen LogP contribution in [0.1, 0.15) is 46.5 Å². The first-order valence-electron chi connectivity index (χ1n) is 7.76. The Balaban J connectivity index is 2.64. The summed E-state index contributed by atoms with van der Waals surface area (Å²) in [7, 11) is 0. The summed E-state index contributed by atoms with van der Waals surface area (Å²) in [4.78, 5) is 36.1. The smallest absolute Gasteiger partial charge is 0.326 e. The van der Waals surface area contributed by atoms with Crippen LogP contribution >= 0.6 is 0 Å². The van der Waals surface area contributed by atoms with Crippen molar-refractivity contribution >= 4 is 17.8 Å². The molecular formula is C15H26N2O5. The molecule has 7 nitrogen and oxygen atoms in total. The van der Waals surface area contributed by atoms with E-state index in [-0.39, 0.29) is 5.91 Å². The van der Waals surface area contributed by atoms with Crippen molar-refractivity contribution in [1.29, 1.82) is 0 Å². The van der Waals surface area contributed by atoms with Crippen LogP contribution in [0.25, 0.3) is 0 Å². The molecule has 1 aliphatic heterocycles. The SMILES string of the molecule is CC(C)CC[C@H](N[C@@H](C)C(=O)N1CCC[C@H]1C(=O)O)C(=O)O. The van der Waals surface area contributed by atoms with Gasteiger partial charge < -0.3 is 15.1 Å². The molecule has 7 heteroatoms. The zero-order chi connectivity index (χ0) is 16.9. The number of likely N-dealkylation sites (tertiary alicyclic amines) is 1. The molecule has 0 unspecified atom stereocenters. The Morgan fingerprint density at radius 3 is 2.32 bits per heavy atom. The molecule has 0 aromatic carbocycles. The van der Waals surface area contributed by atoms with E-state index in [1.807, 2.05) is 13.8 Å². The highest BCUT2D eigenvalue weighted by Gasteiger charge is 2.36. The molecule has 0 radical (unpaired) electrons. The predicted octanol–water partition coefficient (Wildman–Crippen LogP) is 0.930. The zero-order valence-corrected chi connectivity index (χ0v) is 13.4. The number of amides is 1. The van der Waals surface area contributed by atoms with Crippen LogP contribution in [0.2, 0.25) is 0 Å². The number of nitrogens with zero attached hydrogens (tertiary/aromatic N) is 1. The summed E-state index contributed by atoms with van der Waals surface area (Å²) in [5.74, 6) is -1.96. The van der Waals surface area contributed by atoms with Crippen LogP contribution in [0.15, 0.2) is 0 Å². The third kappa shape index (κ3) is 4.98. The Labute approximate surface area is 130 Å². The molecule has 1 aliphatic rings. The quantitative estimate of drug-likeness (QED) is 0.615. The summed E-state index contributed by atoms with van der Waals surface area (Å²) < 4.78 is 0. The third-order valence-corrected chi connectivity index (χ3v) is 3.97. The fraction of sp³-hybridized carbons (Fsp3) is 0.800. The van der Waals surface area contributed by atoms with Gasteiger partial charge in [-0.2, -0.15) is 0 Å². The molecule has 0 aromatic rings. The molecule has 1 heterocycles. The largest absolute Gasteiger partial charge is 0.480 e. The van der Waals surface area contributed by atoms with Crippen molar-refractivity contribution in [3.05, 3.63) is 0 Å². The fourth-order valence-electron chi connectivity index (χ4n) is 2.69. The van der Waals surface area contributed by atoms with Gasteiger partial charge in [0.05, 0.1) is 6.04 Å². The maximum Gasteiger partial charge on any atom is 0.326 e. The van der Waals surface area contributed by atoms with Crippen LogP contribution in [0.4, 0.5) is 0 Å². The van der Waals surface area contributed by atoms with Gasteiger partial charge in [-0.15, -0.1) is 0 Å². The van der Waals surface area contributed by atoms with Gasteiger partial charge >= 0.3 is 11.9 Å². The second-order valence-corrected chi connectivity index (χ2v) is 6.28. The average molecular weight is 314 g/mol. The first-order valence-corrected chi connectivity index (χ1v) is 7.76. The number of nitrogens with one attached hydrogen (secondary N) is 1. The van der Waals surface area contributed by atoms with Crippen LogP contribution < -0.4 is 5.32 Å². The molecule has 1 fully saturated rings. The summed E-state index contributed by atoms with van der Waals surface area (Å²) in [5.41, 5.74) is 0. The summed E-state index contributed by atoms with van der Waals surface area (Å²) in [6.07, 6.45) is 2.29. The lowest BCUT2D eigenvalue weighted by atomic mass is 10.0. The van der Waals surface area contributed by atoms with Gasteiger partial charge in [0.2, 0.25) is 5.91 Å². The van der Waals surface area contributed by atoms with Gasteiger partial charge in [0.15, 0.2) is 0 Å². The number of rotatable bonds is 8. The highest BCUT2D eigenvalue weighted by Crippen LogP contribution is 2.19. The summed E-state index contributed by atoms with van der Waals surface area (Å²) >= 11 is 0. The molecule has 0 aromatic heterocycles. The summed E-state index contributed by atoms with van der Waals surface area (Å²) in [6.45, 7) is 6.01. The van der Waals surface area contributed by atoms with Crippen molar-refractivity contribution in [3.63, 3.8) is 0 Å². The van der Waals surface area contributed by atoms with E-state index in [0.29, 0.717) is 31.7 Å². The predicted molar refractivity (Wildman–Crippen MR) is 80.5 cm³/mol. The van der Waals surface area contributed by atoms with Gasteiger partial charge in [-0.3, -0.25) is 14.9 Å². The molecule has 1 saturated heterocycles. The standard InChI is InChI=1S/C15H26N2O5/c1-9(2)6-7-11(14(19)20)16-10(3)13(18)17-8-4-5-12(17)15(21)22/h9-12,16H,4-8H2,1-3H3,(H,19,20)(H,21,22)/t10-,11-,12-/m0/s1. The Morgan fingerprint density at radius 2 is 1.82 bits per heavy atom. The zero-order valence-electron chi connectivity index (χ0n) is 13.4. The summed E-state index contributed by atoms with van der Waals surface area (Å²) in [6, 6.07) is -2.31. The second-order valence-electron chi connectivity index (χ2n) is 6.28. The van der Waals surface area contributed by atoms with Crippen LogP contribution in [0.3, 0.4) is 0 Å². The number of aliphatic carboxylic acids is 2. The van der Waals surface area contributed by atoms with E-state index in [2.05, 4.69) is 5.32 Å². The van der Waals surface area contributed by atoms with Crippen molar-refractivity contribution in [2.75, 3.05) is 6.54 Å². The van der Waals surface area contributed by atoms with E-state index >= 15 is 0 Å². The molecule has 0 bridgehead atoms. The molecular weight excluding hydrogens is 288 g/mol. The van der Waals surface area contributed by atoms with Crippen molar-refractivity contribution < 1.29 is 24.6 Å². The number of carbonyl (C=O) groups is 3. The fourth-order valence-corrected chi connectivity index (χ4v) is 2.69. The molecule has 0 aliphatic carbocycles. The lowest BCUT2D eigenvalue weighted by Crippen LogP contribution is -2.53. The second kappa shape index (κ2) is 8.12. The Kier molecular flexibility index (Phi) is 6.80. The minimum absolute atomic E-state index is 0.347. The normalized spacial score (nSPS) is 20.9. The molecule has 126 valence electrons. The van der Waals surface area contributed by atoms with Crippen molar-refractivity contribution in [3.8, 4) is 0 Å². The third-order valence-electron chi connectivity index (χ3n) is 3.97. The first-order chi connectivity index (χ1) is 10.2. The number of hydrogen-bond acceptors (Lipinski definition) is 4. The number of hydrogen-bond donors (Lipinski definition) is 3. The minimum Gasteiger partial charge on any atom is -0.480 e. The topological polar surface area (TPSA) is 107 Å². The Hall–Kier alpha value is -1.63. The highest BCUT2D eigenvalue weighted by atomic mass is 16.4. The lowest BCUT2D eigenvalue weighted by molar-refractivity contribution is -0.149. The lowest BCUT2D eigenvalue weighted by Gasteiger charge is -2.27. The Morgan fingerprint density at radius 1 is 1.18 bits per heavy atom. The van der Waals surface area contributed by atoms with Crippen molar-refractivity contribution in [1.82, 2.24) is 10.2 Å². The van der Waals surface area contributed by atoms with E-state index in [1.165, 1.54) is 4.90 Å². The average Bonchev–Trinajstić information content (AvgIpc) is 2.91. The molecule has 0 spiro atoms. The monoisotopic (exact) mass is 314 g/mol. The maximum absolute atomic E-state index is 12.4. The van der Waals surface area contributed by atoms with Gasteiger partial charge in [-0.05, 0) is 38.5 Å². The van der Waals surface area contributed by atoms with Gasteiger partial charge in [0.25, 0.3) is 0 Å². The Bertz CT molecular complexity index is 424. The molecule has 0 saturated carbocycles.